The van der Waals surface area contributed by atoms with Gasteiger partial charge in [0.05, 0.1) is 10.7 Å². The first-order valence-electron chi connectivity index (χ1n) is 8.99. The second-order valence-electron chi connectivity index (χ2n) is 6.43. The molecule has 1 saturated heterocycles. The molecule has 0 atom stereocenters. The normalized spacial score (nSPS) is 14.2. The largest absolute Gasteiger partial charge is 0.436 e. The van der Waals surface area contributed by atoms with Gasteiger partial charge >= 0.3 is 6.09 Å². The number of ether oxygens (including phenoxy) is 1. The smallest absolute Gasteiger partial charge is 0.410 e. The first-order valence-corrected chi connectivity index (χ1v) is 9.86. The molecule has 1 aliphatic rings. The summed E-state index contributed by atoms with van der Waals surface area (Å²) < 4.78 is 4.96. The summed E-state index contributed by atoms with van der Waals surface area (Å²) in [6.07, 6.45) is 6.29. The van der Waals surface area contributed by atoms with Gasteiger partial charge in [0, 0.05) is 31.4 Å². The molecule has 7 nitrogen and oxygen atoms in total. The van der Waals surface area contributed by atoms with Gasteiger partial charge in [-0.25, -0.2) is 9.78 Å². The zero-order chi connectivity index (χ0) is 19.9. The molecule has 0 unspecified atom stereocenters. The van der Waals surface area contributed by atoms with Crippen LogP contribution in [0.2, 0.25) is 0 Å². The molecule has 3 rings (SSSR count). The molecule has 2 heterocycles. The van der Waals surface area contributed by atoms with Crippen LogP contribution in [-0.4, -0.2) is 48.6 Å². The van der Waals surface area contributed by atoms with Crippen molar-refractivity contribution < 1.29 is 14.3 Å². The Labute approximate surface area is 168 Å². The van der Waals surface area contributed by atoms with Gasteiger partial charge in [0.1, 0.15) is 5.69 Å². The quantitative estimate of drug-likeness (QED) is 0.619. The number of hydrogen-bond donors (Lipinski definition) is 1. The zero-order valence-corrected chi connectivity index (χ0v) is 16.4. The number of piperidine rings is 1. The first kappa shape index (κ1) is 19.7. The van der Waals surface area contributed by atoms with Crippen molar-refractivity contribution in [2.45, 2.75) is 18.8 Å². The van der Waals surface area contributed by atoms with E-state index in [-0.39, 0.29) is 24.5 Å². The van der Waals surface area contributed by atoms with E-state index in [9.17, 15) is 9.59 Å². The average molecular weight is 398 g/mol. The number of benzene rings is 1. The summed E-state index contributed by atoms with van der Waals surface area (Å²) in [5.41, 5.74) is 4.11. The molecular formula is C20H22N4O3S. The van der Waals surface area contributed by atoms with Gasteiger partial charge in [-0.05, 0) is 25.0 Å². The van der Waals surface area contributed by atoms with Crippen LogP contribution in [0.4, 0.5) is 10.5 Å². The Balaban J connectivity index is 1.54. The lowest BCUT2D eigenvalue weighted by atomic mass is 9.98. The third kappa shape index (κ3) is 4.81. The number of para-hydroxylation sites is 1. The summed E-state index contributed by atoms with van der Waals surface area (Å²) >= 11 is 1.48. The predicted molar refractivity (Wildman–Crippen MR) is 108 cm³/mol. The molecule has 8 heteroatoms. The van der Waals surface area contributed by atoms with Crippen molar-refractivity contribution in [3.8, 4) is 12.3 Å². The van der Waals surface area contributed by atoms with Gasteiger partial charge < -0.3 is 9.64 Å². The highest BCUT2D eigenvalue weighted by molar-refractivity contribution is 7.09. The number of likely N-dealkylation sites (tertiary alicyclic amines) is 1. The number of carbonyl (C=O) groups excluding carboxylic acids is 2. The summed E-state index contributed by atoms with van der Waals surface area (Å²) in [5, 5.41) is 4.36. The summed E-state index contributed by atoms with van der Waals surface area (Å²) in [6.45, 7) is 1.17. The third-order valence-electron chi connectivity index (χ3n) is 4.55. The predicted octanol–water partition coefficient (Wildman–Crippen LogP) is 2.87. The fourth-order valence-corrected chi connectivity index (χ4v) is 3.98. The molecule has 28 heavy (non-hydrogen) atoms. The lowest BCUT2D eigenvalue weighted by Gasteiger charge is -2.30. The zero-order valence-electron chi connectivity index (χ0n) is 15.6. The van der Waals surface area contributed by atoms with E-state index in [4.69, 9.17) is 11.2 Å². The fraction of sp³-hybridized carbons (Fsp3) is 0.350. The van der Waals surface area contributed by atoms with Gasteiger partial charge in [0.25, 0.3) is 5.91 Å². The van der Waals surface area contributed by atoms with Crippen molar-refractivity contribution in [1.82, 2.24) is 15.3 Å². The van der Waals surface area contributed by atoms with Gasteiger partial charge in [0.15, 0.2) is 6.61 Å². The molecule has 146 valence electrons. The third-order valence-corrected chi connectivity index (χ3v) is 5.56. The summed E-state index contributed by atoms with van der Waals surface area (Å²) in [7, 11) is 1.79. The van der Waals surface area contributed by atoms with Crippen molar-refractivity contribution in [2.75, 3.05) is 31.8 Å². The second kappa shape index (κ2) is 9.24. The molecule has 1 fully saturated rings. The van der Waals surface area contributed by atoms with E-state index in [1.54, 1.807) is 22.3 Å². The lowest BCUT2D eigenvalue weighted by molar-refractivity contribution is 0.0947. The Morgan fingerprint density at radius 3 is 2.75 bits per heavy atom. The Morgan fingerprint density at radius 2 is 2.07 bits per heavy atom. The van der Waals surface area contributed by atoms with E-state index in [0.717, 1.165) is 23.5 Å². The summed E-state index contributed by atoms with van der Waals surface area (Å²) in [4.78, 5) is 30.5. The SMILES string of the molecule is C#CCOC(=O)N1CCC(c2nc(C(=O)NN(C)c3ccccc3)cs2)CC1. The second-order valence-corrected chi connectivity index (χ2v) is 7.32. The highest BCUT2D eigenvalue weighted by atomic mass is 32.1. The van der Waals surface area contributed by atoms with Gasteiger partial charge in [-0.3, -0.25) is 15.2 Å². The molecular weight excluding hydrogens is 376 g/mol. The maximum absolute atomic E-state index is 12.5. The Bertz CT molecular complexity index is 854. The number of thiazole rings is 1. The fourth-order valence-electron chi connectivity index (χ4n) is 3.01. The number of amides is 2. The van der Waals surface area contributed by atoms with Crippen LogP contribution in [0.15, 0.2) is 35.7 Å². The highest BCUT2D eigenvalue weighted by Gasteiger charge is 2.27. The summed E-state index contributed by atoms with van der Waals surface area (Å²) in [5.74, 6) is 2.28. The van der Waals surface area contributed by atoms with Crippen LogP contribution in [-0.2, 0) is 4.74 Å². The number of anilines is 1. The molecule has 1 aromatic heterocycles. The van der Waals surface area contributed by atoms with E-state index in [1.807, 2.05) is 30.3 Å². The van der Waals surface area contributed by atoms with E-state index in [0.29, 0.717) is 18.8 Å². The molecule has 2 amide bonds. The van der Waals surface area contributed by atoms with Crippen LogP contribution < -0.4 is 10.4 Å². The molecule has 1 N–H and O–H groups in total. The average Bonchev–Trinajstić information content (AvgIpc) is 3.23. The molecule has 1 aromatic carbocycles. The minimum Gasteiger partial charge on any atom is -0.436 e. The van der Waals surface area contributed by atoms with Crippen molar-refractivity contribution in [3.63, 3.8) is 0 Å². The Morgan fingerprint density at radius 1 is 1.36 bits per heavy atom. The van der Waals surface area contributed by atoms with Crippen molar-refractivity contribution in [2.24, 2.45) is 0 Å². The highest BCUT2D eigenvalue weighted by Crippen LogP contribution is 2.30. The molecule has 1 aliphatic heterocycles. The maximum atomic E-state index is 12.5. The van der Waals surface area contributed by atoms with Crippen LogP contribution in [0.1, 0.15) is 34.3 Å². The van der Waals surface area contributed by atoms with Crippen molar-refractivity contribution in [3.05, 3.63) is 46.4 Å². The number of carbonyl (C=O) groups is 2. The van der Waals surface area contributed by atoms with Gasteiger partial charge in [-0.2, -0.15) is 0 Å². The van der Waals surface area contributed by atoms with Crippen LogP contribution in [0.25, 0.3) is 0 Å². The number of rotatable bonds is 5. The van der Waals surface area contributed by atoms with Gasteiger partial charge in [-0.15, -0.1) is 17.8 Å². The molecule has 0 aliphatic carbocycles. The molecule has 0 saturated carbocycles. The molecule has 0 radical (unpaired) electrons. The van der Waals surface area contributed by atoms with Crippen LogP contribution in [0.5, 0.6) is 0 Å². The number of aromatic nitrogens is 1. The van der Waals surface area contributed by atoms with Gasteiger partial charge in [-0.1, -0.05) is 24.1 Å². The number of hydrazine groups is 1. The number of terminal acetylenes is 1. The van der Waals surface area contributed by atoms with E-state index >= 15 is 0 Å². The molecule has 2 aromatic rings. The number of nitrogens with one attached hydrogen (secondary N) is 1. The van der Waals surface area contributed by atoms with Gasteiger partial charge in [0.2, 0.25) is 0 Å². The first-order chi connectivity index (χ1) is 13.6. The van der Waals surface area contributed by atoms with Crippen LogP contribution in [0.3, 0.4) is 0 Å². The standard InChI is InChI=1S/C20H22N4O3S/c1-3-13-27-20(26)24-11-9-15(10-12-24)19-21-17(14-28-19)18(25)22-23(2)16-7-5-4-6-8-16/h1,4-8,14-15H,9-13H2,2H3,(H,22,25). The number of nitrogens with zero attached hydrogens (tertiary/aromatic N) is 3. The maximum Gasteiger partial charge on any atom is 0.410 e. The van der Waals surface area contributed by atoms with Crippen LogP contribution >= 0.6 is 11.3 Å². The van der Waals surface area contributed by atoms with Crippen LogP contribution in [0, 0.1) is 12.3 Å². The summed E-state index contributed by atoms with van der Waals surface area (Å²) in [6, 6.07) is 9.57. The van der Waals surface area contributed by atoms with E-state index in [2.05, 4.69) is 16.3 Å². The van der Waals surface area contributed by atoms with Crippen molar-refractivity contribution >= 4 is 29.0 Å². The Hall–Kier alpha value is -3.05. The topological polar surface area (TPSA) is 74.8 Å². The van der Waals surface area contributed by atoms with E-state index in [1.165, 1.54) is 11.3 Å². The Kier molecular flexibility index (Phi) is 6.50. The van der Waals surface area contributed by atoms with Crippen molar-refractivity contribution in [1.29, 1.82) is 0 Å². The minimum atomic E-state index is -0.375. The number of hydrogen-bond acceptors (Lipinski definition) is 6. The van der Waals surface area contributed by atoms with E-state index < -0.39 is 0 Å². The monoisotopic (exact) mass is 398 g/mol. The minimum absolute atomic E-state index is 0.0128. The lowest BCUT2D eigenvalue weighted by Crippen LogP contribution is -2.39. The molecule has 0 bridgehead atoms. The molecule has 0 spiro atoms.